The Balaban J connectivity index is 2.76. The van der Waals surface area contributed by atoms with E-state index in [0.717, 1.165) is 11.7 Å². The van der Waals surface area contributed by atoms with Gasteiger partial charge in [0.15, 0.2) is 6.20 Å². The fourth-order valence-corrected chi connectivity index (χ4v) is 0.570. The van der Waals surface area contributed by atoms with E-state index in [1.165, 1.54) is 7.11 Å². The van der Waals surface area contributed by atoms with E-state index >= 15 is 0 Å². The number of methoxy groups -OCH3 is 1. The Kier molecular flexibility index (Phi) is 1.21. The second-order valence-electron chi connectivity index (χ2n) is 0.885. The molecule has 0 aliphatic heterocycles. The van der Waals surface area contributed by atoms with Crippen molar-refractivity contribution in [1.82, 2.24) is 8.75 Å². The molecular formula is C3H3N2OS. The molecule has 0 aliphatic carbocycles. The number of hydrogen-bond acceptors (Lipinski definition) is 4. The van der Waals surface area contributed by atoms with Gasteiger partial charge >= 0.3 is 0 Å². The summed E-state index contributed by atoms with van der Waals surface area (Å²) in [6.45, 7) is 0. The van der Waals surface area contributed by atoms with E-state index in [1.807, 2.05) is 0 Å². The van der Waals surface area contributed by atoms with Crippen LogP contribution in [0.4, 0.5) is 0 Å². The molecule has 0 saturated heterocycles. The van der Waals surface area contributed by atoms with Crippen molar-refractivity contribution in [1.29, 1.82) is 0 Å². The van der Waals surface area contributed by atoms with Gasteiger partial charge in [-0.05, 0) is 0 Å². The van der Waals surface area contributed by atoms with Crippen LogP contribution in [0.1, 0.15) is 0 Å². The first-order valence-electron chi connectivity index (χ1n) is 1.67. The first kappa shape index (κ1) is 4.52. The monoisotopic (exact) mass is 115 g/mol. The second kappa shape index (κ2) is 1.88. The molecule has 1 radical (unpaired) electrons. The van der Waals surface area contributed by atoms with Gasteiger partial charge in [-0.3, -0.25) is 0 Å². The quantitative estimate of drug-likeness (QED) is 0.529. The predicted octanol–water partition coefficient (Wildman–Crippen LogP) is 0.347. The third-order valence-corrected chi connectivity index (χ3v) is 0.920. The molecule has 0 unspecified atom stereocenters. The van der Waals surface area contributed by atoms with E-state index in [9.17, 15) is 0 Å². The highest BCUT2D eigenvalue weighted by Gasteiger charge is 1.88. The Morgan fingerprint density at radius 3 is 3.00 bits per heavy atom. The summed E-state index contributed by atoms with van der Waals surface area (Å²) in [6.07, 6.45) is 2.52. The van der Waals surface area contributed by atoms with Crippen LogP contribution in [0.25, 0.3) is 0 Å². The van der Waals surface area contributed by atoms with Crippen molar-refractivity contribution in [3.05, 3.63) is 6.20 Å². The van der Waals surface area contributed by atoms with Crippen LogP contribution in [0.2, 0.25) is 0 Å². The molecule has 1 aromatic rings. The summed E-state index contributed by atoms with van der Waals surface area (Å²) in [4.78, 5) is 0. The largest absolute Gasteiger partial charge is 0.479 e. The van der Waals surface area contributed by atoms with Crippen LogP contribution in [0, 0.1) is 6.20 Å². The highest BCUT2D eigenvalue weighted by Crippen LogP contribution is 2.00. The molecule has 0 aliphatic rings. The molecule has 1 heterocycles. The Hall–Kier alpha value is -0.640. The third-order valence-electron chi connectivity index (χ3n) is 0.499. The average Bonchev–Trinajstić information content (AvgIpc) is 2.14. The fraction of sp³-hybridized carbons (Fsp3) is 0.333. The van der Waals surface area contributed by atoms with E-state index in [2.05, 4.69) is 19.7 Å². The van der Waals surface area contributed by atoms with Gasteiger partial charge in [-0.15, -0.1) is 4.37 Å². The summed E-state index contributed by atoms with van der Waals surface area (Å²) in [5, 5.41) is 0. The SMILES string of the molecule is COc1[c]nsn1. The molecule has 0 fully saturated rings. The topological polar surface area (TPSA) is 35.0 Å². The van der Waals surface area contributed by atoms with Gasteiger partial charge in [0.25, 0.3) is 5.88 Å². The van der Waals surface area contributed by atoms with Gasteiger partial charge in [0.2, 0.25) is 0 Å². The number of nitrogens with zero attached hydrogens (tertiary/aromatic N) is 2. The predicted molar refractivity (Wildman–Crippen MR) is 25.3 cm³/mol. The Morgan fingerprint density at radius 2 is 2.71 bits per heavy atom. The van der Waals surface area contributed by atoms with Gasteiger partial charge in [-0.2, -0.15) is 4.37 Å². The zero-order valence-electron chi connectivity index (χ0n) is 3.71. The van der Waals surface area contributed by atoms with E-state index < -0.39 is 0 Å². The molecular weight excluding hydrogens is 112 g/mol. The lowest BCUT2D eigenvalue weighted by Crippen LogP contribution is -1.78. The minimum atomic E-state index is 0.463. The van der Waals surface area contributed by atoms with E-state index in [-0.39, 0.29) is 0 Å². The minimum absolute atomic E-state index is 0.463. The molecule has 0 bridgehead atoms. The molecule has 1 rings (SSSR count). The van der Waals surface area contributed by atoms with Crippen molar-refractivity contribution in [2.45, 2.75) is 0 Å². The molecule has 7 heavy (non-hydrogen) atoms. The number of aromatic nitrogens is 2. The zero-order chi connectivity index (χ0) is 5.11. The van der Waals surface area contributed by atoms with Gasteiger partial charge in [-0.1, -0.05) is 0 Å². The van der Waals surface area contributed by atoms with Gasteiger partial charge in [0, 0.05) is 0 Å². The summed E-state index contributed by atoms with van der Waals surface area (Å²) in [6, 6.07) is 0. The summed E-state index contributed by atoms with van der Waals surface area (Å²) >= 11 is 1.08. The first-order valence-corrected chi connectivity index (χ1v) is 2.41. The number of rotatable bonds is 1. The maximum Gasteiger partial charge on any atom is 0.255 e. The van der Waals surface area contributed by atoms with Crippen LogP contribution in [-0.4, -0.2) is 15.9 Å². The standard InChI is InChI=1S/C3H3N2OS/c1-6-3-2-4-7-5-3/h1H3. The number of hydrogen-bond donors (Lipinski definition) is 0. The zero-order valence-corrected chi connectivity index (χ0v) is 4.53. The van der Waals surface area contributed by atoms with Crippen LogP contribution in [-0.2, 0) is 0 Å². The summed E-state index contributed by atoms with van der Waals surface area (Å²) < 4.78 is 11.9. The van der Waals surface area contributed by atoms with Gasteiger partial charge in [0.05, 0.1) is 18.8 Å². The lowest BCUT2D eigenvalue weighted by atomic mass is 10.9. The Morgan fingerprint density at radius 1 is 1.86 bits per heavy atom. The van der Waals surface area contributed by atoms with Crippen molar-refractivity contribution in [2.75, 3.05) is 7.11 Å². The van der Waals surface area contributed by atoms with E-state index in [0.29, 0.717) is 5.88 Å². The molecule has 0 atom stereocenters. The molecule has 37 valence electrons. The van der Waals surface area contributed by atoms with E-state index in [1.54, 1.807) is 0 Å². The molecule has 0 N–H and O–H groups in total. The molecule has 1 aromatic heterocycles. The van der Waals surface area contributed by atoms with Crippen LogP contribution in [0.15, 0.2) is 0 Å². The molecule has 0 spiro atoms. The molecule has 0 amide bonds. The Bertz CT molecular complexity index is 127. The van der Waals surface area contributed by atoms with Gasteiger partial charge in [-0.25, -0.2) is 0 Å². The van der Waals surface area contributed by atoms with Gasteiger partial charge < -0.3 is 4.74 Å². The average molecular weight is 115 g/mol. The van der Waals surface area contributed by atoms with E-state index in [4.69, 9.17) is 0 Å². The van der Waals surface area contributed by atoms with Crippen molar-refractivity contribution < 1.29 is 4.74 Å². The lowest BCUT2D eigenvalue weighted by molar-refractivity contribution is 0.401. The maximum absolute atomic E-state index is 4.64. The maximum atomic E-state index is 4.64. The molecule has 3 nitrogen and oxygen atoms in total. The normalized spacial score (nSPS) is 8.71. The highest BCUT2D eigenvalue weighted by atomic mass is 32.1. The first-order chi connectivity index (χ1) is 3.43. The molecule has 0 aromatic carbocycles. The second-order valence-corrected chi connectivity index (χ2v) is 1.41. The summed E-state index contributed by atoms with van der Waals surface area (Å²) in [7, 11) is 1.53. The number of ether oxygens (including phenoxy) is 1. The summed E-state index contributed by atoms with van der Waals surface area (Å²) in [5.41, 5.74) is 0. The van der Waals surface area contributed by atoms with Crippen molar-refractivity contribution >= 4 is 11.7 Å². The lowest BCUT2D eigenvalue weighted by Gasteiger charge is -1.82. The van der Waals surface area contributed by atoms with Crippen molar-refractivity contribution in [2.24, 2.45) is 0 Å². The van der Waals surface area contributed by atoms with Gasteiger partial charge in [0.1, 0.15) is 0 Å². The highest BCUT2D eigenvalue weighted by molar-refractivity contribution is 6.99. The van der Waals surface area contributed by atoms with Crippen molar-refractivity contribution in [3.63, 3.8) is 0 Å². The summed E-state index contributed by atoms with van der Waals surface area (Å²) in [5.74, 6) is 0.463. The van der Waals surface area contributed by atoms with Crippen molar-refractivity contribution in [3.8, 4) is 5.88 Å². The smallest absolute Gasteiger partial charge is 0.255 e. The van der Waals surface area contributed by atoms with Crippen LogP contribution in [0.3, 0.4) is 0 Å². The van der Waals surface area contributed by atoms with Crippen LogP contribution < -0.4 is 4.74 Å². The minimum Gasteiger partial charge on any atom is -0.479 e. The Labute approximate surface area is 45.3 Å². The molecule has 0 saturated carbocycles. The fourth-order valence-electron chi connectivity index (χ4n) is 0.220. The van der Waals surface area contributed by atoms with Crippen LogP contribution >= 0.6 is 11.7 Å². The third kappa shape index (κ3) is 0.866. The van der Waals surface area contributed by atoms with Crippen LogP contribution in [0.5, 0.6) is 5.88 Å². The molecule has 4 heteroatoms.